The van der Waals surface area contributed by atoms with Gasteiger partial charge >= 0.3 is 0 Å². The Bertz CT molecular complexity index is 1740. The standard InChI is InChI=1S/C48H54N4O/c1-49(2)41-27-19-35(20-28-41)45(36-21-29-42(30-22-36)50(3)4)47(39-15-11-9-12-16-39)53-48(40-17-13-10-14-18-40)46(37-23-31-43(32-24-37)51(5)6)38-25-33-44(34-26-38)52(7)8/h9-34,45-48H,1-8H3. The molecule has 5 heteroatoms. The van der Waals surface area contributed by atoms with Gasteiger partial charge in [-0.2, -0.15) is 0 Å². The molecule has 0 aliphatic rings. The van der Waals surface area contributed by atoms with Crippen LogP contribution in [0.3, 0.4) is 0 Å². The molecule has 0 aromatic heterocycles. The minimum atomic E-state index is -0.318. The summed E-state index contributed by atoms with van der Waals surface area (Å²) in [5, 5.41) is 0. The van der Waals surface area contributed by atoms with Crippen LogP contribution < -0.4 is 19.6 Å². The van der Waals surface area contributed by atoms with Crippen LogP contribution in [0.4, 0.5) is 22.7 Å². The number of ether oxygens (including phenoxy) is 1. The molecule has 272 valence electrons. The van der Waals surface area contributed by atoms with Gasteiger partial charge in [-0.05, 0) is 81.9 Å². The van der Waals surface area contributed by atoms with Crippen LogP contribution in [0, 0.1) is 0 Å². The molecular formula is C48H54N4O. The van der Waals surface area contributed by atoms with E-state index in [1.165, 1.54) is 22.3 Å². The molecule has 2 unspecified atom stereocenters. The van der Waals surface area contributed by atoms with E-state index in [9.17, 15) is 0 Å². The van der Waals surface area contributed by atoms with Crippen LogP contribution in [0.25, 0.3) is 0 Å². The van der Waals surface area contributed by atoms with E-state index in [0.29, 0.717) is 0 Å². The van der Waals surface area contributed by atoms with Crippen molar-refractivity contribution in [3.8, 4) is 0 Å². The summed E-state index contributed by atoms with van der Waals surface area (Å²) in [4.78, 5) is 8.59. The summed E-state index contributed by atoms with van der Waals surface area (Å²) in [6, 6.07) is 57.5. The Balaban J connectivity index is 1.57. The van der Waals surface area contributed by atoms with E-state index in [2.05, 4.69) is 234 Å². The average Bonchev–Trinajstić information content (AvgIpc) is 3.18. The van der Waals surface area contributed by atoms with Crippen molar-refractivity contribution in [1.29, 1.82) is 0 Å². The largest absolute Gasteiger partial charge is 0.378 e. The van der Waals surface area contributed by atoms with Crippen LogP contribution in [0.15, 0.2) is 158 Å². The van der Waals surface area contributed by atoms with E-state index in [4.69, 9.17) is 4.74 Å². The molecule has 0 aliphatic carbocycles. The summed E-state index contributed by atoms with van der Waals surface area (Å²) >= 11 is 0. The van der Waals surface area contributed by atoms with E-state index in [-0.39, 0.29) is 24.0 Å². The smallest absolute Gasteiger partial charge is 0.0942 e. The summed E-state index contributed by atoms with van der Waals surface area (Å²) in [6.07, 6.45) is -0.636. The molecule has 0 saturated carbocycles. The van der Waals surface area contributed by atoms with E-state index in [1.54, 1.807) is 0 Å². The molecular weight excluding hydrogens is 649 g/mol. The zero-order chi connectivity index (χ0) is 37.5. The Hall–Kier alpha value is -5.52. The maximum Gasteiger partial charge on any atom is 0.0942 e. The maximum absolute atomic E-state index is 7.83. The molecule has 0 spiro atoms. The van der Waals surface area contributed by atoms with Crippen molar-refractivity contribution in [2.45, 2.75) is 24.0 Å². The molecule has 0 fully saturated rings. The Kier molecular flexibility index (Phi) is 11.9. The first kappa shape index (κ1) is 37.2. The van der Waals surface area contributed by atoms with Gasteiger partial charge in [0.15, 0.2) is 0 Å². The van der Waals surface area contributed by atoms with Crippen molar-refractivity contribution in [3.63, 3.8) is 0 Å². The van der Waals surface area contributed by atoms with Gasteiger partial charge in [0.1, 0.15) is 0 Å². The first-order valence-corrected chi connectivity index (χ1v) is 18.4. The second-order valence-corrected chi connectivity index (χ2v) is 14.7. The normalized spacial score (nSPS) is 12.4. The Labute approximate surface area is 317 Å². The third-order valence-electron chi connectivity index (χ3n) is 10.2. The predicted molar refractivity (Wildman–Crippen MR) is 226 cm³/mol. The molecule has 2 atom stereocenters. The molecule has 5 nitrogen and oxygen atoms in total. The number of nitrogens with zero attached hydrogens (tertiary/aromatic N) is 4. The fraction of sp³-hybridized carbons (Fsp3) is 0.250. The van der Waals surface area contributed by atoms with Crippen LogP contribution >= 0.6 is 0 Å². The van der Waals surface area contributed by atoms with Crippen LogP contribution in [0.5, 0.6) is 0 Å². The van der Waals surface area contributed by atoms with Crippen LogP contribution in [0.1, 0.15) is 57.4 Å². The van der Waals surface area contributed by atoms with Crippen LogP contribution in [-0.2, 0) is 4.74 Å². The number of benzene rings is 6. The molecule has 0 N–H and O–H groups in total. The van der Waals surface area contributed by atoms with Gasteiger partial charge in [0.2, 0.25) is 0 Å². The van der Waals surface area contributed by atoms with Crippen molar-refractivity contribution in [3.05, 3.63) is 191 Å². The third kappa shape index (κ3) is 8.76. The summed E-state index contributed by atoms with van der Waals surface area (Å²) in [5.74, 6) is -0.187. The maximum atomic E-state index is 7.83. The van der Waals surface area contributed by atoms with Gasteiger partial charge in [-0.3, -0.25) is 0 Å². The number of rotatable bonds is 14. The zero-order valence-corrected chi connectivity index (χ0v) is 32.5. The van der Waals surface area contributed by atoms with Crippen molar-refractivity contribution < 1.29 is 4.74 Å². The Morgan fingerprint density at radius 1 is 0.283 bits per heavy atom. The van der Waals surface area contributed by atoms with E-state index >= 15 is 0 Å². The van der Waals surface area contributed by atoms with E-state index in [0.717, 1.165) is 33.9 Å². The average molecular weight is 703 g/mol. The highest BCUT2D eigenvalue weighted by Gasteiger charge is 2.35. The zero-order valence-electron chi connectivity index (χ0n) is 32.5. The molecule has 0 bridgehead atoms. The number of anilines is 4. The fourth-order valence-electron chi connectivity index (χ4n) is 7.15. The topological polar surface area (TPSA) is 22.2 Å². The summed E-state index contributed by atoms with van der Waals surface area (Å²) in [6.45, 7) is 0. The second-order valence-electron chi connectivity index (χ2n) is 14.7. The lowest BCUT2D eigenvalue weighted by Gasteiger charge is -2.37. The molecule has 0 radical (unpaired) electrons. The minimum absolute atomic E-state index is 0.0936. The number of hydrogen-bond acceptors (Lipinski definition) is 5. The molecule has 6 aromatic rings. The lowest BCUT2D eigenvalue weighted by molar-refractivity contribution is -0.0323. The first-order valence-electron chi connectivity index (χ1n) is 18.4. The van der Waals surface area contributed by atoms with Gasteiger partial charge in [0.05, 0.1) is 12.2 Å². The van der Waals surface area contributed by atoms with Gasteiger partial charge in [0, 0.05) is 91.0 Å². The predicted octanol–water partition coefficient (Wildman–Crippen LogP) is 10.4. The monoisotopic (exact) mass is 702 g/mol. The Morgan fingerprint density at radius 2 is 0.509 bits per heavy atom. The Morgan fingerprint density at radius 3 is 0.717 bits per heavy atom. The highest BCUT2D eigenvalue weighted by Crippen LogP contribution is 2.48. The summed E-state index contributed by atoms with van der Waals surface area (Å²) in [7, 11) is 16.7. The quantitative estimate of drug-likeness (QED) is 0.112. The third-order valence-corrected chi connectivity index (χ3v) is 10.2. The fourth-order valence-corrected chi connectivity index (χ4v) is 7.15. The van der Waals surface area contributed by atoms with Crippen molar-refractivity contribution >= 4 is 22.7 Å². The van der Waals surface area contributed by atoms with Gasteiger partial charge in [-0.1, -0.05) is 109 Å². The summed E-state index contributed by atoms with van der Waals surface area (Å²) in [5.41, 5.74) is 11.7. The first-order chi connectivity index (χ1) is 25.6. The van der Waals surface area contributed by atoms with Crippen LogP contribution in [0.2, 0.25) is 0 Å². The van der Waals surface area contributed by atoms with Gasteiger partial charge in [-0.15, -0.1) is 0 Å². The molecule has 0 amide bonds. The van der Waals surface area contributed by atoms with Crippen molar-refractivity contribution in [1.82, 2.24) is 0 Å². The molecule has 0 aliphatic heterocycles. The van der Waals surface area contributed by atoms with Crippen molar-refractivity contribution in [2.75, 3.05) is 76.0 Å². The van der Waals surface area contributed by atoms with Crippen molar-refractivity contribution in [2.24, 2.45) is 0 Å². The molecule has 6 aromatic carbocycles. The lowest BCUT2D eigenvalue weighted by Crippen LogP contribution is -2.24. The van der Waals surface area contributed by atoms with E-state index in [1.807, 2.05) is 0 Å². The molecule has 53 heavy (non-hydrogen) atoms. The van der Waals surface area contributed by atoms with Gasteiger partial charge < -0.3 is 24.3 Å². The molecule has 0 saturated heterocycles. The summed E-state index contributed by atoms with van der Waals surface area (Å²) < 4.78 is 7.83. The molecule has 0 heterocycles. The van der Waals surface area contributed by atoms with Gasteiger partial charge in [-0.25, -0.2) is 0 Å². The van der Waals surface area contributed by atoms with Crippen LogP contribution in [-0.4, -0.2) is 56.4 Å². The minimum Gasteiger partial charge on any atom is -0.378 e. The van der Waals surface area contributed by atoms with Gasteiger partial charge in [0.25, 0.3) is 0 Å². The molecule has 6 rings (SSSR count). The second kappa shape index (κ2) is 16.9. The highest BCUT2D eigenvalue weighted by atomic mass is 16.5. The number of hydrogen-bond donors (Lipinski definition) is 0. The van der Waals surface area contributed by atoms with E-state index < -0.39 is 0 Å². The SMILES string of the molecule is CN(C)c1ccc(C(c2ccc(N(C)C)cc2)C(OC(c2ccccc2)C(c2ccc(N(C)C)cc2)c2ccc(N(C)C)cc2)c2ccccc2)cc1. The highest BCUT2D eigenvalue weighted by molar-refractivity contribution is 5.53. The lowest BCUT2D eigenvalue weighted by atomic mass is 9.80.